The maximum absolute atomic E-state index is 12.2. The summed E-state index contributed by atoms with van der Waals surface area (Å²) in [5.41, 5.74) is 2.83. The van der Waals surface area contributed by atoms with Gasteiger partial charge in [-0.3, -0.25) is 0 Å². The number of aromatic nitrogens is 1. The van der Waals surface area contributed by atoms with Gasteiger partial charge >= 0.3 is 0 Å². The molecule has 1 fully saturated rings. The van der Waals surface area contributed by atoms with Crippen LogP contribution in [-0.4, -0.2) is 13.6 Å². The van der Waals surface area contributed by atoms with Gasteiger partial charge in [-0.1, -0.05) is 85.8 Å². The molecule has 2 N–H and O–H groups in total. The summed E-state index contributed by atoms with van der Waals surface area (Å²) in [5, 5.41) is 9.85. The van der Waals surface area contributed by atoms with Crippen molar-refractivity contribution in [3.05, 3.63) is 60.4 Å². The molecule has 0 unspecified atom stereocenters. The fraction of sp³-hybridized carbons (Fsp3) is 0.318. The average Bonchev–Trinajstić information content (AvgIpc) is 3.12. The third-order valence-electron chi connectivity index (χ3n) is 5.47. The topological polar surface area (TPSA) is 86.2 Å². The van der Waals surface area contributed by atoms with Gasteiger partial charge in [-0.25, -0.2) is 13.6 Å². The molecule has 0 aliphatic heterocycles. The Labute approximate surface area is 165 Å². The number of benzene rings is 2. The zero-order valence-corrected chi connectivity index (χ0v) is 16.5. The van der Waals surface area contributed by atoms with Crippen LogP contribution in [0.25, 0.3) is 22.4 Å². The lowest BCUT2D eigenvalue weighted by Gasteiger charge is -2.20. The normalized spacial score (nSPS) is 15.6. The summed E-state index contributed by atoms with van der Waals surface area (Å²) in [7, 11) is -3.88. The summed E-state index contributed by atoms with van der Waals surface area (Å²) in [4.78, 5) is 0.0975. The lowest BCUT2D eigenvalue weighted by atomic mass is 9.85. The summed E-state index contributed by atoms with van der Waals surface area (Å²) in [5.74, 6) is 1.27. The minimum atomic E-state index is -3.88. The van der Waals surface area contributed by atoms with Crippen LogP contribution in [0, 0.1) is 5.92 Å². The molecule has 2 aromatic carbocycles. The Morgan fingerprint density at radius 2 is 1.64 bits per heavy atom. The minimum absolute atomic E-state index is 0.0975. The number of nitrogens with zero attached hydrogens (tertiary/aromatic N) is 1. The molecule has 0 bridgehead atoms. The average molecular weight is 397 g/mol. The second kappa shape index (κ2) is 7.89. The van der Waals surface area contributed by atoms with Crippen LogP contribution >= 0.6 is 0 Å². The van der Waals surface area contributed by atoms with E-state index in [1.54, 1.807) is 12.1 Å². The molecule has 0 spiro atoms. The molecule has 5 nitrogen and oxygen atoms in total. The van der Waals surface area contributed by atoms with Gasteiger partial charge in [-0.2, -0.15) is 0 Å². The van der Waals surface area contributed by atoms with E-state index in [0.29, 0.717) is 17.2 Å². The number of sulfonamides is 1. The van der Waals surface area contributed by atoms with E-state index in [0.717, 1.165) is 36.1 Å². The second-order valence-electron chi connectivity index (χ2n) is 7.44. The summed E-state index contributed by atoms with van der Waals surface area (Å²) in [6.07, 6.45) is 6.83. The monoisotopic (exact) mass is 396 g/mol. The van der Waals surface area contributed by atoms with E-state index in [1.807, 2.05) is 36.4 Å². The molecule has 1 heterocycles. The maximum Gasteiger partial charge on any atom is 0.238 e. The second-order valence-corrected chi connectivity index (χ2v) is 8.97. The lowest BCUT2D eigenvalue weighted by Crippen LogP contribution is -2.14. The Bertz CT molecular complexity index is 1050. The van der Waals surface area contributed by atoms with Gasteiger partial charge in [-0.05, 0) is 12.0 Å². The zero-order valence-electron chi connectivity index (χ0n) is 15.7. The van der Waals surface area contributed by atoms with Crippen molar-refractivity contribution >= 4 is 10.0 Å². The Morgan fingerprint density at radius 1 is 0.964 bits per heavy atom. The molecule has 6 heteroatoms. The highest BCUT2D eigenvalue weighted by Gasteiger charge is 2.26. The molecule has 28 heavy (non-hydrogen) atoms. The van der Waals surface area contributed by atoms with Crippen LogP contribution in [-0.2, 0) is 16.4 Å². The van der Waals surface area contributed by atoms with Crippen LogP contribution in [0.15, 0.2) is 64.0 Å². The van der Waals surface area contributed by atoms with Crippen molar-refractivity contribution in [2.24, 2.45) is 11.1 Å². The molecular formula is C22H24N2O3S. The summed E-state index contributed by atoms with van der Waals surface area (Å²) in [6.45, 7) is 0. The number of hydrogen-bond acceptors (Lipinski definition) is 4. The van der Waals surface area contributed by atoms with Gasteiger partial charge in [0.05, 0.1) is 10.5 Å². The van der Waals surface area contributed by atoms with Crippen molar-refractivity contribution in [1.29, 1.82) is 0 Å². The standard InChI is InChI=1S/C22H24N2O3S/c23-28(25,26)20-14-8-7-13-18(20)21-19(15-16-9-3-1-4-10-16)27-24-22(21)17-11-5-2-6-12-17/h2,5-8,11-14,16H,1,3-4,9-10,15H2,(H2,23,25,26). The first-order valence-corrected chi connectivity index (χ1v) is 11.2. The zero-order chi connectivity index (χ0) is 19.6. The fourth-order valence-corrected chi connectivity index (χ4v) is 4.85. The van der Waals surface area contributed by atoms with Crippen LogP contribution in [0.2, 0.25) is 0 Å². The van der Waals surface area contributed by atoms with Gasteiger partial charge in [0.2, 0.25) is 10.0 Å². The quantitative estimate of drug-likeness (QED) is 0.672. The smallest absolute Gasteiger partial charge is 0.238 e. The Morgan fingerprint density at radius 3 is 2.36 bits per heavy atom. The molecule has 1 aromatic heterocycles. The van der Waals surface area contributed by atoms with Gasteiger partial charge in [-0.15, -0.1) is 0 Å². The van der Waals surface area contributed by atoms with Crippen LogP contribution in [0.1, 0.15) is 37.9 Å². The molecule has 1 saturated carbocycles. The molecule has 0 atom stereocenters. The van der Waals surface area contributed by atoms with Gasteiger partial charge in [0, 0.05) is 17.5 Å². The van der Waals surface area contributed by atoms with Crippen LogP contribution in [0.5, 0.6) is 0 Å². The van der Waals surface area contributed by atoms with Crippen molar-refractivity contribution in [2.45, 2.75) is 43.4 Å². The molecule has 146 valence electrons. The number of hydrogen-bond donors (Lipinski definition) is 1. The first-order valence-electron chi connectivity index (χ1n) is 9.70. The van der Waals surface area contributed by atoms with Crippen molar-refractivity contribution < 1.29 is 12.9 Å². The van der Waals surface area contributed by atoms with Crippen LogP contribution in [0.4, 0.5) is 0 Å². The number of rotatable bonds is 5. The fourth-order valence-electron chi connectivity index (χ4n) is 4.11. The summed E-state index contributed by atoms with van der Waals surface area (Å²) in [6, 6.07) is 16.5. The van der Waals surface area contributed by atoms with Crippen LogP contribution < -0.4 is 5.14 Å². The largest absolute Gasteiger partial charge is 0.360 e. The van der Waals surface area contributed by atoms with E-state index in [1.165, 1.54) is 25.3 Å². The van der Waals surface area contributed by atoms with E-state index in [-0.39, 0.29) is 4.90 Å². The van der Waals surface area contributed by atoms with Gasteiger partial charge in [0.25, 0.3) is 0 Å². The molecule has 4 rings (SSSR count). The minimum Gasteiger partial charge on any atom is -0.360 e. The molecular weight excluding hydrogens is 372 g/mol. The van der Waals surface area contributed by atoms with E-state index in [4.69, 9.17) is 9.66 Å². The van der Waals surface area contributed by atoms with Gasteiger partial charge in [0.1, 0.15) is 11.5 Å². The first-order chi connectivity index (χ1) is 13.5. The van der Waals surface area contributed by atoms with E-state index in [9.17, 15) is 8.42 Å². The molecule has 1 aliphatic rings. The van der Waals surface area contributed by atoms with E-state index in [2.05, 4.69) is 5.16 Å². The van der Waals surface area contributed by atoms with Gasteiger partial charge in [0.15, 0.2) is 0 Å². The maximum atomic E-state index is 12.2. The number of nitrogens with two attached hydrogens (primary N) is 1. The van der Waals surface area contributed by atoms with Crippen molar-refractivity contribution in [2.75, 3.05) is 0 Å². The van der Waals surface area contributed by atoms with Crippen LogP contribution in [0.3, 0.4) is 0 Å². The van der Waals surface area contributed by atoms with Crippen molar-refractivity contribution in [1.82, 2.24) is 5.16 Å². The third-order valence-corrected chi connectivity index (χ3v) is 6.44. The first kappa shape index (κ1) is 18.9. The van der Waals surface area contributed by atoms with Gasteiger partial charge < -0.3 is 4.52 Å². The number of primary sulfonamides is 1. The highest BCUT2D eigenvalue weighted by Crippen LogP contribution is 2.39. The Balaban J connectivity index is 1.87. The summed E-state index contributed by atoms with van der Waals surface area (Å²) >= 11 is 0. The molecule has 1 aliphatic carbocycles. The predicted octanol–water partition coefficient (Wildman–Crippen LogP) is 4.78. The molecule has 3 aromatic rings. The third kappa shape index (κ3) is 3.88. The van der Waals surface area contributed by atoms with E-state index < -0.39 is 10.0 Å². The van der Waals surface area contributed by atoms with E-state index >= 15 is 0 Å². The molecule has 0 saturated heterocycles. The lowest BCUT2D eigenvalue weighted by molar-refractivity contribution is 0.311. The molecule has 0 radical (unpaired) electrons. The highest BCUT2D eigenvalue weighted by molar-refractivity contribution is 7.89. The SMILES string of the molecule is NS(=O)(=O)c1ccccc1-c1c(-c2ccccc2)noc1CC1CCCCC1. The summed E-state index contributed by atoms with van der Waals surface area (Å²) < 4.78 is 30.2. The predicted molar refractivity (Wildman–Crippen MR) is 109 cm³/mol. The Kier molecular flexibility index (Phi) is 5.33. The van der Waals surface area contributed by atoms with Crippen molar-refractivity contribution in [3.63, 3.8) is 0 Å². The molecule has 0 amide bonds. The van der Waals surface area contributed by atoms with Crippen molar-refractivity contribution in [3.8, 4) is 22.4 Å². The Hall–Kier alpha value is -2.44. The highest BCUT2D eigenvalue weighted by atomic mass is 32.2.